The van der Waals surface area contributed by atoms with Crippen molar-refractivity contribution in [1.29, 1.82) is 0 Å². The smallest absolute Gasteiger partial charge is 0.292 e. The van der Waals surface area contributed by atoms with Crippen LogP contribution < -0.4 is 0 Å². The zero-order valence-electron chi connectivity index (χ0n) is 7.17. The number of carbonyl (C=O) groups excluding carboxylic acids is 1. The van der Waals surface area contributed by atoms with Gasteiger partial charge in [-0.1, -0.05) is 0 Å². The van der Waals surface area contributed by atoms with Crippen LogP contribution in [0.5, 0.6) is 0 Å². The average Bonchev–Trinajstić information content (AvgIpc) is 2.39. The zero-order valence-corrected chi connectivity index (χ0v) is 7.17. The molecule has 0 radical (unpaired) electrons. The first kappa shape index (κ1) is 10.3. The summed E-state index contributed by atoms with van der Waals surface area (Å²) >= 11 is 0. The van der Waals surface area contributed by atoms with Crippen LogP contribution in [0.15, 0.2) is 0 Å². The lowest BCUT2D eigenvalue weighted by Gasteiger charge is -2.14. The highest BCUT2D eigenvalue weighted by atomic mass is 19.3. The zero-order chi connectivity index (χ0) is 10.1. The lowest BCUT2D eigenvalue weighted by Crippen LogP contribution is -2.33. The summed E-state index contributed by atoms with van der Waals surface area (Å²) in [6.07, 6.45) is -1.26. The van der Waals surface area contributed by atoms with Gasteiger partial charge in [-0.05, 0) is 0 Å². The molecule has 0 unspecified atom stereocenters. The summed E-state index contributed by atoms with van der Waals surface area (Å²) < 4.78 is 30.4. The van der Waals surface area contributed by atoms with E-state index in [1.54, 1.807) is 0 Å². The first-order valence-corrected chi connectivity index (χ1v) is 3.80. The van der Waals surface area contributed by atoms with Gasteiger partial charge in [0.05, 0.1) is 13.1 Å². The van der Waals surface area contributed by atoms with Crippen molar-refractivity contribution >= 4 is 5.91 Å². The number of hydrogen-bond donors (Lipinski definition) is 1. The summed E-state index contributed by atoms with van der Waals surface area (Å²) in [4.78, 5) is 11.7. The van der Waals surface area contributed by atoms with Crippen LogP contribution in [-0.4, -0.2) is 54.7 Å². The van der Waals surface area contributed by atoms with Crippen molar-refractivity contribution in [2.24, 2.45) is 0 Å². The number of amides is 1. The lowest BCUT2D eigenvalue weighted by molar-refractivity contribution is -0.134. The number of halogens is 2. The standard InChI is InChI=1S/C7H11F2NO3/c1-13-5-2-10(6(12)3-11)4-7(5,8)9/h5,11H,2-4H2,1H3/t5-/m1/s1. The summed E-state index contributed by atoms with van der Waals surface area (Å²) in [6.45, 7) is -1.58. The Kier molecular flexibility index (Phi) is 2.82. The van der Waals surface area contributed by atoms with Crippen LogP contribution >= 0.6 is 0 Å². The lowest BCUT2D eigenvalue weighted by atomic mass is 10.2. The summed E-state index contributed by atoms with van der Waals surface area (Å²) in [6, 6.07) is 0. The molecule has 1 N–H and O–H groups in total. The number of likely N-dealkylation sites (tertiary alicyclic amines) is 1. The molecule has 0 aromatic heterocycles. The van der Waals surface area contributed by atoms with Gasteiger partial charge < -0.3 is 14.7 Å². The molecule has 1 heterocycles. The Labute approximate surface area is 74.1 Å². The maximum atomic E-state index is 13.0. The summed E-state index contributed by atoms with van der Waals surface area (Å²) in [5.41, 5.74) is 0. The number of rotatable bonds is 2. The molecular weight excluding hydrogens is 184 g/mol. The highest BCUT2D eigenvalue weighted by molar-refractivity contribution is 5.77. The van der Waals surface area contributed by atoms with E-state index in [4.69, 9.17) is 5.11 Å². The van der Waals surface area contributed by atoms with Gasteiger partial charge in [-0.3, -0.25) is 4.79 Å². The van der Waals surface area contributed by atoms with Gasteiger partial charge in [-0.2, -0.15) is 0 Å². The third kappa shape index (κ3) is 1.94. The Morgan fingerprint density at radius 3 is 2.77 bits per heavy atom. The monoisotopic (exact) mass is 195 g/mol. The van der Waals surface area contributed by atoms with Crippen LogP contribution in [0.2, 0.25) is 0 Å². The van der Waals surface area contributed by atoms with Crippen molar-refractivity contribution in [2.45, 2.75) is 12.0 Å². The van der Waals surface area contributed by atoms with Gasteiger partial charge in [-0.15, -0.1) is 0 Å². The fourth-order valence-corrected chi connectivity index (χ4v) is 1.29. The molecule has 1 fully saturated rings. The number of aliphatic hydroxyl groups is 1. The molecule has 1 aliphatic heterocycles. The van der Waals surface area contributed by atoms with Crippen molar-refractivity contribution in [3.05, 3.63) is 0 Å². The van der Waals surface area contributed by atoms with Gasteiger partial charge in [0.15, 0.2) is 0 Å². The van der Waals surface area contributed by atoms with Gasteiger partial charge in [0, 0.05) is 7.11 Å². The molecule has 0 saturated carbocycles. The quantitative estimate of drug-likeness (QED) is 0.644. The topological polar surface area (TPSA) is 49.8 Å². The van der Waals surface area contributed by atoms with Crippen molar-refractivity contribution in [2.75, 3.05) is 26.8 Å². The molecule has 1 amide bonds. The third-order valence-electron chi connectivity index (χ3n) is 2.03. The Morgan fingerprint density at radius 2 is 2.38 bits per heavy atom. The van der Waals surface area contributed by atoms with E-state index in [0.29, 0.717) is 0 Å². The number of hydrogen-bond acceptors (Lipinski definition) is 3. The van der Waals surface area contributed by atoms with E-state index in [1.165, 1.54) is 7.11 Å². The van der Waals surface area contributed by atoms with Crippen molar-refractivity contribution in [3.8, 4) is 0 Å². The van der Waals surface area contributed by atoms with E-state index in [-0.39, 0.29) is 6.54 Å². The molecule has 0 aliphatic carbocycles. The number of alkyl halides is 2. The van der Waals surface area contributed by atoms with Gasteiger partial charge >= 0.3 is 0 Å². The molecule has 76 valence electrons. The van der Waals surface area contributed by atoms with Crippen LogP contribution in [0.1, 0.15) is 0 Å². The largest absolute Gasteiger partial charge is 0.387 e. The second-order valence-corrected chi connectivity index (χ2v) is 2.92. The van der Waals surface area contributed by atoms with Crippen molar-refractivity contribution in [1.82, 2.24) is 4.90 Å². The minimum Gasteiger partial charge on any atom is -0.387 e. The molecular formula is C7H11F2NO3. The highest BCUT2D eigenvalue weighted by Gasteiger charge is 2.49. The predicted octanol–water partition coefficient (Wildman–Crippen LogP) is -0.529. The SMILES string of the molecule is CO[C@@H]1CN(C(=O)CO)CC1(F)F. The van der Waals surface area contributed by atoms with Crippen LogP contribution in [0.3, 0.4) is 0 Å². The average molecular weight is 195 g/mol. The van der Waals surface area contributed by atoms with E-state index in [2.05, 4.69) is 4.74 Å². The summed E-state index contributed by atoms with van der Waals surface area (Å²) in [5, 5.41) is 8.45. The molecule has 4 nitrogen and oxygen atoms in total. The minimum atomic E-state index is -3.01. The molecule has 0 bridgehead atoms. The second kappa shape index (κ2) is 3.55. The fraction of sp³-hybridized carbons (Fsp3) is 0.857. The van der Waals surface area contributed by atoms with Gasteiger partial charge in [0.25, 0.3) is 5.92 Å². The van der Waals surface area contributed by atoms with Crippen molar-refractivity contribution < 1.29 is 23.4 Å². The first-order valence-electron chi connectivity index (χ1n) is 3.80. The Hall–Kier alpha value is -0.750. The molecule has 0 spiro atoms. The highest BCUT2D eigenvalue weighted by Crippen LogP contribution is 2.29. The van der Waals surface area contributed by atoms with Crippen LogP contribution in [0.25, 0.3) is 0 Å². The number of nitrogens with zero attached hydrogens (tertiary/aromatic N) is 1. The fourth-order valence-electron chi connectivity index (χ4n) is 1.29. The number of aliphatic hydroxyl groups excluding tert-OH is 1. The third-order valence-corrected chi connectivity index (χ3v) is 2.03. The Bertz CT molecular complexity index is 210. The maximum Gasteiger partial charge on any atom is 0.292 e. The minimum absolute atomic E-state index is 0.164. The molecule has 0 aromatic rings. The van der Waals surface area contributed by atoms with E-state index < -0.39 is 31.1 Å². The van der Waals surface area contributed by atoms with E-state index in [1.807, 2.05) is 0 Å². The predicted molar refractivity (Wildman–Crippen MR) is 39.4 cm³/mol. The normalized spacial score (nSPS) is 26.5. The molecule has 1 atom stereocenters. The van der Waals surface area contributed by atoms with E-state index in [0.717, 1.165) is 4.90 Å². The number of carbonyl (C=O) groups is 1. The van der Waals surface area contributed by atoms with Gasteiger partial charge in [-0.25, -0.2) is 8.78 Å². The molecule has 0 aromatic carbocycles. The molecule has 1 saturated heterocycles. The van der Waals surface area contributed by atoms with Crippen molar-refractivity contribution in [3.63, 3.8) is 0 Å². The molecule has 1 rings (SSSR count). The van der Waals surface area contributed by atoms with Gasteiger partial charge in [0.1, 0.15) is 12.7 Å². The van der Waals surface area contributed by atoms with Crippen LogP contribution in [0, 0.1) is 0 Å². The molecule has 6 heteroatoms. The first-order chi connectivity index (χ1) is 6.01. The Balaban J connectivity index is 2.64. The van der Waals surface area contributed by atoms with Gasteiger partial charge in [0.2, 0.25) is 5.91 Å². The van der Waals surface area contributed by atoms with E-state index in [9.17, 15) is 13.6 Å². The van der Waals surface area contributed by atoms with Crippen LogP contribution in [-0.2, 0) is 9.53 Å². The molecule has 13 heavy (non-hydrogen) atoms. The summed E-state index contributed by atoms with van der Waals surface area (Å²) in [5.74, 6) is -3.71. The molecule has 1 aliphatic rings. The number of ether oxygens (including phenoxy) is 1. The van der Waals surface area contributed by atoms with Crippen LogP contribution in [0.4, 0.5) is 8.78 Å². The van der Waals surface area contributed by atoms with E-state index >= 15 is 0 Å². The Morgan fingerprint density at radius 1 is 1.77 bits per heavy atom. The second-order valence-electron chi connectivity index (χ2n) is 2.92. The summed E-state index contributed by atoms with van der Waals surface area (Å²) in [7, 11) is 1.17. The maximum absolute atomic E-state index is 13.0. The number of methoxy groups -OCH3 is 1.